The van der Waals surface area contributed by atoms with E-state index in [0.29, 0.717) is 6.54 Å². The van der Waals surface area contributed by atoms with Crippen LogP contribution in [0.4, 0.5) is 0 Å². The third-order valence-electron chi connectivity index (χ3n) is 3.70. The number of aromatic amines is 1. The molecule has 0 fully saturated rings. The first-order valence-corrected chi connectivity index (χ1v) is 8.78. The van der Waals surface area contributed by atoms with Crippen molar-refractivity contribution >= 4 is 12.6 Å². The Balaban J connectivity index is 1.95. The number of H-pyrrole nitrogens is 1. The molecule has 0 saturated carbocycles. The van der Waals surface area contributed by atoms with Gasteiger partial charge >= 0.3 is 5.69 Å². The lowest BCUT2D eigenvalue weighted by Crippen LogP contribution is -2.28. The van der Waals surface area contributed by atoms with E-state index in [1.54, 1.807) is 10.8 Å². The summed E-state index contributed by atoms with van der Waals surface area (Å²) in [4.78, 5) is 24.7. The maximum absolute atomic E-state index is 11.5. The largest absolute Gasteiger partial charge is 0.328 e. The number of thiol groups is 1. The molecule has 0 atom stereocenters. The zero-order valence-electron chi connectivity index (χ0n) is 12.9. The second kappa shape index (κ2) is 11.7. The van der Waals surface area contributed by atoms with E-state index in [-0.39, 0.29) is 11.2 Å². The predicted octanol–water partition coefficient (Wildman–Crippen LogP) is 3.37. The van der Waals surface area contributed by atoms with Gasteiger partial charge in [0.25, 0.3) is 5.56 Å². The quantitative estimate of drug-likeness (QED) is 0.459. The average molecular weight is 312 g/mol. The van der Waals surface area contributed by atoms with Crippen molar-refractivity contribution in [3.8, 4) is 0 Å². The van der Waals surface area contributed by atoms with Crippen molar-refractivity contribution in [1.29, 1.82) is 0 Å². The van der Waals surface area contributed by atoms with Crippen LogP contribution in [0.3, 0.4) is 0 Å². The Hall–Kier alpha value is -0.970. The maximum atomic E-state index is 11.5. The molecule has 1 N–H and O–H groups in total. The lowest BCUT2D eigenvalue weighted by atomic mass is 10.1. The zero-order valence-corrected chi connectivity index (χ0v) is 13.7. The highest BCUT2D eigenvalue weighted by Crippen LogP contribution is 2.11. The van der Waals surface area contributed by atoms with Crippen molar-refractivity contribution in [1.82, 2.24) is 9.55 Å². The number of hydrogen-bond acceptors (Lipinski definition) is 3. The Morgan fingerprint density at radius 2 is 1.38 bits per heavy atom. The number of nitrogens with zero attached hydrogens (tertiary/aromatic N) is 1. The molecule has 0 saturated heterocycles. The van der Waals surface area contributed by atoms with E-state index in [1.165, 1.54) is 57.4 Å². The summed E-state index contributed by atoms with van der Waals surface area (Å²) in [7, 11) is 0. The summed E-state index contributed by atoms with van der Waals surface area (Å²) in [6, 6.07) is 1.40. The highest BCUT2D eigenvalue weighted by Gasteiger charge is 1.97. The van der Waals surface area contributed by atoms with E-state index < -0.39 is 0 Å². The summed E-state index contributed by atoms with van der Waals surface area (Å²) in [6.45, 7) is 0.694. The molecule has 0 unspecified atom stereocenters. The molecule has 0 aromatic carbocycles. The van der Waals surface area contributed by atoms with Crippen LogP contribution < -0.4 is 11.2 Å². The number of nitrogens with one attached hydrogen (secondary N) is 1. The Bertz CT molecular complexity index is 482. The van der Waals surface area contributed by atoms with Crippen LogP contribution in [-0.2, 0) is 6.54 Å². The smallest absolute Gasteiger partial charge is 0.301 e. The first kappa shape index (κ1) is 18.1. The molecule has 0 aliphatic carbocycles. The molecule has 1 heterocycles. The highest BCUT2D eigenvalue weighted by atomic mass is 32.1. The van der Waals surface area contributed by atoms with Gasteiger partial charge in [-0.1, -0.05) is 51.4 Å². The minimum Gasteiger partial charge on any atom is -0.301 e. The van der Waals surface area contributed by atoms with Crippen molar-refractivity contribution in [3.63, 3.8) is 0 Å². The molecule has 5 heteroatoms. The topological polar surface area (TPSA) is 54.9 Å². The van der Waals surface area contributed by atoms with Crippen molar-refractivity contribution in [2.45, 2.75) is 70.8 Å². The molecule has 1 aromatic heterocycles. The van der Waals surface area contributed by atoms with Gasteiger partial charge in [-0.25, -0.2) is 4.79 Å². The van der Waals surface area contributed by atoms with Crippen LogP contribution in [-0.4, -0.2) is 15.3 Å². The average Bonchev–Trinajstić information content (AvgIpc) is 2.46. The van der Waals surface area contributed by atoms with Crippen LogP contribution in [0, 0.1) is 0 Å². The molecule has 0 aliphatic rings. The second-order valence-corrected chi connectivity index (χ2v) is 6.01. The summed E-state index contributed by atoms with van der Waals surface area (Å²) >= 11 is 4.21. The molecule has 1 rings (SSSR count). The number of aryl methyl sites for hydroxylation is 1. The summed E-state index contributed by atoms with van der Waals surface area (Å²) in [5, 5.41) is 0. The summed E-state index contributed by atoms with van der Waals surface area (Å²) < 4.78 is 1.57. The Kier molecular flexibility index (Phi) is 10.0. The van der Waals surface area contributed by atoms with E-state index >= 15 is 0 Å². The fourth-order valence-corrected chi connectivity index (χ4v) is 2.65. The first-order valence-electron chi connectivity index (χ1n) is 8.14. The summed E-state index contributed by atoms with van der Waals surface area (Å²) in [5.41, 5.74) is -0.630. The second-order valence-electron chi connectivity index (χ2n) is 5.56. The van der Waals surface area contributed by atoms with Gasteiger partial charge < -0.3 is 4.57 Å². The van der Waals surface area contributed by atoms with Crippen molar-refractivity contribution in [2.75, 3.05) is 5.75 Å². The molecule has 4 nitrogen and oxygen atoms in total. The van der Waals surface area contributed by atoms with Gasteiger partial charge in [0.05, 0.1) is 0 Å². The van der Waals surface area contributed by atoms with Gasteiger partial charge in [0.15, 0.2) is 0 Å². The first-order chi connectivity index (χ1) is 10.2. The highest BCUT2D eigenvalue weighted by molar-refractivity contribution is 7.80. The number of aromatic nitrogens is 2. The zero-order chi connectivity index (χ0) is 15.3. The van der Waals surface area contributed by atoms with Gasteiger partial charge in [-0.3, -0.25) is 9.78 Å². The standard InChI is InChI=1S/C16H28N2O2S/c19-15-11-13-18(16(20)17-15)12-9-7-5-3-1-2-4-6-8-10-14-21/h11,13,21H,1-10,12,14H2,(H,17,19,20). The Labute approximate surface area is 132 Å². The van der Waals surface area contributed by atoms with Gasteiger partial charge in [0.2, 0.25) is 0 Å². The molecule has 0 spiro atoms. The SMILES string of the molecule is O=c1ccn(CCCCCCCCCCCCS)c(=O)[nH]1. The third-order valence-corrected chi connectivity index (χ3v) is 4.02. The third kappa shape index (κ3) is 8.81. The molecule has 21 heavy (non-hydrogen) atoms. The van der Waals surface area contributed by atoms with Crippen molar-refractivity contribution < 1.29 is 0 Å². The van der Waals surface area contributed by atoms with Gasteiger partial charge in [-0.05, 0) is 18.6 Å². The van der Waals surface area contributed by atoms with Gasteiger partial charge in [-0.15, -0.1) is 0 Å². The van der Waals surface area contributed by atoms with E-state index in [2.05, 4.69) is 17.6 Å². The molecule has 1 aromatic rings. The molecule has 0 amide bonds. The lowest BCUT2D eigenvalue weighted by molar-refractivity contribution is 0.526. The number of unbranched alkanes of at least 4 members (excludes halogenated alkanes) is 9. The molecular weight excluding hydrogens is 284 g/mol. The predicted molar refractivity (Wildman–Crippen MR) is 91.3 cm³/mol. The van der Waals surface area contributed by atoms with Gasteiger partial charge in [-0.2, -0.15) is 12.6 Å². The van der Waals surface area contributed by atoms with E-state index in [9.17, 15) is 9.59 Å². The number of hydrogen-bond donors (Lipinski definition) is 2. The Morgan fingerprint density at radius 1 is 0.857 bits per heavy atom. The maximum Gasteiger partial charge on any atom is 0.328 e. The summed E-state index contributed by atoms with van der Waals surface area (Å²) in [6.07, 6.45) is 14.1. The van der Waals surface area contributed by atoms with Gasteiger partial charge in [0, 0.05) is 18.8 Å². The molecule has 0 bridgehead atoms. The monoisotopic (exact) mass is 312 g/mol. The number of rotatable bonds is 12. The minimum absolute atomic E-state index is 0.302. The fourth-order valence-electron chi connectivity index (χ4n) is 2.43. The normalized spacial score (nSPS) is 10.9. The van der Waals surface area contributed by atoms with Crippen LogP contribution >= 0.6 is 12.6 Å². The van der Waals surface area contributed by atoms with Crippen LogP contribution in [0.5, 0.6) is 0 Å². The van der Waals surface area contributed by atoms with E-state index in [0.717, 1.165) is 18.6 Å². The molecule has 0 aliphatic heterocycles. The van der Waals surface area contributed by atoms with Gasteiger partial charge in [0.1, 0.15) is 0 Å². The Morgan fingerprint density at radius 3 is 1.90 bits per heavy atom. The van der Waals surface area contributed by atoms with Crippen molar-refractivity contribution in [2.24, 2.45) is 0 Å². The fraction of sp³-hybridized carbons (Fsp3) is 0.750. The van der Waals surface area contributed by atoms with E-state index in [1.807, 2.05) is 0 Å². The van der Waals surface area contributed by atoms with Crippen molar-refractivity contribution in [3.05, 3.63) is 33.1 Å². The molecule has 0 radical (unpaired) electrons. The van der Waals surface area contributed by atoms with Crippen LogP contribution in [0.2, 0.25) is 0 Å². The molecule has 120 valence electrons. The van der Waals surface area contributed by atoms with Crippen LogP contribution in [0.25, 0.3) is 0 Å². The van der Waals surface area contributed by atoms with Crippen LogP contribution in [0.15, 0.2) is 21.9 Å². The lowest BCUT2D eigenvalue weighted by Gasteiger charge is -2.04. The van der Waals surface area contributed by atoms with Crippen LogP contribution in [0.1, 0.15) is 64.2 Å². The molecular formula is C16H28N2O2S. The summed E-state index contributed by atoms with van der Waals surface area (Å²) in [5.74, 6) is 1.01. The van der Waals surface area contributed by atoms with E-state index in [4.69, 9.17) is 0 Å². The minimum atomic E-state index is -0.328.